The van der Waals surface area contributed by atoms with Gasteiger partial charge < -0.3 is 14.7 Å². The van der Waals surface area contributed by atoms with E-state index >= 15 is 0 Å². The van der Waals surface area contributed by atoms with E-state index in [2.05, 4.69) is 0 Å². The second-order valence-electron chi connectivity index (χ2n) is 4.63. The molecular weight excluding hydrogens is 246 g/mol. The van der Waals surface area contributed by atoms with Crippen LogP contribution in [0.15, 0.2) is 30.3 Å². The number of rotatable bonds is 6. The average Bonchev–Trinajstić information content (AvgIpc) is 2.36. The smallest absolute Gasteiger partial charge is 0.326 e. The number of likely N-dealkylation sites (N-methyl/N-ethyl adjacent to an activating group) is 1. The summed E-state index contributed by atoms with van der Waals surface area (Å²) >= 11 is 0. The van der Waals surface area contributed by atoms with E-state index in [4.69, 9.17) is 9.84 Å². The van der Waals surface area contributed by atoms with Gasteiger partial charge >= 0.3 is 5.97 Å². The van der Waals surface area contributed by atoms with Crippen LogP contribution in [0.25, 0.3) is 0 Å². The Morgan fingerprint density at radius 1 is 1.26 bits per heavy atom. The van der Waals surface area contributed by atoms with Crippen molar-refractivity contribution in [3.8, 4) is 5.75 Å². The average molecular weight is 265 g/mol. The first-order chi connectivity index (χ1) is 8.93. The minimum Gasteiger partial charge on any atom is -0.484 e. The molecule has 0 saturated heterocycles. The summed E-state index contributed by atoms with van der Waals surface area (Å²) in [7, 11) is 1.48. The van der Waals surface area contributed by atoms with Crippen molar-refractivity contribution >= 4 is 11.9 Å². The number of para-hydroxylation sites is 1. The van der Waals surface area contributed by atoms with E-state index in [0.717, 1.165) is 0 Å². The van der Waals surface area contributed by atoms with E-state index in [-0.39, 0.29) is 18.4 Å². The van der Waals surface area contributed by atoms with Gasteiger partial charge in [-0.3, -0.25) is 4.79 Å². The predicted octanol–water partition coefficient (Wildman–Crippen LogP) is 1.63. The quantitative estimate of drug-likeness (QED) is 0.849. The van der Waals surface area contributed by atoms with Crippen molar-refractivity contribution in [3.05, 3.63) is 30.3 Å². The van der Waals surface area contributed by atoms with Crippen LogP contribution in [0.1, 0.15) is 13.8 Å². The first-order valence-corrected chi connectivity index (χ1v) is 6.09. The molecule has 5 nitrogen and oxygen atoms in total. The number of carboxylic acid groups (broad SMARTS) is 1. The number of carbonyl (C=O) groups excluding carboxylic acids is 1. The van der Waals surface area contributed by atoms with E-state index in [1.54, 1.807) is 38.1 Å². The molecule has 0 saturated carbocycles. The van der Waals surface area contributed by atoms with E-state index in [1.165, 1.54) is 11.9 Å². The highest BCUT2D eigenvalue weighted by Gasteiger charge is 2.29. The van der Waals surface area contributed by atoms with Gasteiger partial charge in [0.15, 0.2) is 6.61 Å². The normalized spacial score (nSPS) is 12.0. The molecular formula is C14H19NO4. The Labute approximate surface area is 112 Å². The number of nitrogens with zero attached hydrogens (tertiary/aromatic N) is 1. The molecule has 0 bridgehead atoms. The van der Waals surface area contributed by atoms with Crippen molar-refractivity contribution < 1.29 is 19.4 Å². The maximum absolute atomic E-state index is 11.9. The Bertz CT molecular complexity index is 430. The monoisotopic (exact) mass is 265 g/mol. The van der Waals surface area contributed by atoms with Gasteiger partial charge in [0.25, 0.3) is 5.91 Å². The van der Waals surface area contributed by atoms with E-state index in [0.29, 0.717) is 5.75 Å². The highest BCUT2D eigenvalue weighted by atomic mass is 16.5. The molecule has 1 atom stereocenters. The number of carboxylic acids is 1. The van der Waals surface area contributed by atoms with Crippen molar-refractivity contribution in [1.82, 2.24) is 4.90 Å². The van der Waals surface area contributed by atoms with Crippen molar-refractivity contribution in [3.63, 3.8) is 0 Å². The highest BCUT2D eigenvalue weighted by molar-refractivity contribution is 5.84. The topological polar surface area (TPSA) is 66.8 Å². The molecule has 0 heterocycles. The SMILES string of the molecule is CC(C)C(C(=O)O)N(C)C(=O)COc1ccccc1. The lowest BCUT2D eigenvalue weighted by molar-refractivity contribution is -0.151. The maximum Gasteiger partial charge on any atom is 0.326 e. The van der Waals surface area contributed by atoms with Gasteiger partial charge in [-0.2, -0.15) is 0 Å². The summed E-state index contributed by atoms with van der Waals surface area (Å²) in [6.07, 6.45) is 0. The molecule has 104 valence electrons. The molecule has 0 aliphatic carbocycles. The summed E-state index contributed by atoms with van der Waals surface area (Å²) in [4.78, 5) is 24.2. The Morgan fingerprint density at radius 3 is 2.32 bits per heavy atom. The molecule has 1 aromatic rings. The first kappa shape index (κ1) is 15.0. The standard InChI is InChI=1S/C14H19NO4/c1-10(2)13(14(17)18)15(3)12(16)9-19-11-7-5-4-6-8-11/h4-8,10,13H,9H2,1-3H3,(H,17,18). The van der Waals surface area contributed by atoms with E-state index < -0.39 is 12.0 Å². The minimum absolute atomic E-state index is 0.164. The molecule has 5 heteroatoms. The number of aliphatic carboxylic acids is 1. The fraction of sp³-hybridized carbons (Fsp3) is 0.429. The van der Waals surface area contributed by atoms with Crippen molar-refractivity contribution in [1.29, 1.82) is 0 Å². The van der Waals surface area contributed by atoms with Crippen LogP contribution in [0.4, 0.5) is 0 Å². The number of amides is 1. The van der Waals surface area contributed by atoms with Crippen LogP contribution in [-0.4, -0.2) is 41.6 Å². The second kappa shape index (κ2) is 6.78. The van der Waals surface area contributed by atoms with Crippen LogP contribution in [0.2, 0.25) is 0 Å². The van der Waals surface area contributed by atoms with Gasteiger partial charge in [-0.25, -0.2) is 4.79 Å². The molecule has 0 spiro atoms. The summed E-state index contributed by atoms with van der Waals surface area (Å²) in [5.74, 6) is -0.945. The van der Waals surface area contributed by atoms with Crippen molar-refractivity contribution in [2.75, 3.05) is 13.7 Å². The summed E-state index contributed by atoms with van der Waals surface area (Å²) in [5, 5.41) is 9.11. The Hall–Kier alpha value is -2.04. The number of carbonyl (C=O) groups is 2. The molecule has 0 fully saturated rings. The molecule has 1 N–H and O–H groups in total. The zero-order valence-corrected chi connectivity index (χ0v) is 11.4. The molecule has 1 unspecified atom stereocenters. The fourth-order valence-electron chi connectivity index (χ4n) is 1.82. The lowest BCUT2D eigenvalue weighted by Crippen LogP contribution is -2.47. The van der Waals surface area contributed by atoms with Gasteiger partial charge in [-0.15, -0.1) is 0 Å². The van der Waals surface area contributed by atoms with Crippen LogP contribution >= 0.6 is 0 Å². The zero-order valence-electron chi connectivity index (χ0n) is 11.4. The predicted molar refractivity (Wildman–Crippen MR) is 71.0 cm³/mol. The number of ether oxygens (including phenoxy) is 1. The lowest BCUT2D eigenvalue weighted by Gasteiger charge is -2.27. The molecule has 0 aliphatic rings. The van der Waals surface area contributed by atoms with E-state index in [1.807, 2.05) is 6.07 Å². The van der Waals surface area contributed by atoms with Gasteiger partial charge in [0.05, 0.1) is 0 Å². The summed E-state index contributed by atoms with van der Waals surface area (Å²) in [6, 6.07) is 8.09. The molecule has 1 amide bonds. The van der Waals surface area contributed by atoms with Crippen molar-refractivity contribution in [2.45, 2.75) is 19.9 Å². The van der Waals surface area contributed by atoms with Crippen LogP contribution in [0.5, 0.6) is 5.75 Å². The molecule has 1 aromatic carbocycles. The lowest BCUT2D eigenvalue weighted by atomic mass is 10.0. The Morgan fingerprint density at radius 2 is 1.84 bits per heavy atom. The van der Waals surface area contributed by atoms with Crippen LogP contribution in [0.3, 0.4) is 0 Å². The summed E-state index contributed by atoms with van der Waals surface area (Å²) in [5.41, 5.74) is 0. The van der Waals surface area contributed by atoms with Crippen molar-refractivity contribution in [2.24, 2.45) is 5.92 Å². The fourth-order valence-corrected chi connectivity index (χ4v) is 1.82. The van der Waals surface area contributed by atoms with Gasteiger partial charge in [0.1, 0.15) is 11.8 Å². The molecule has 1 rings (SSSR count). The number of benzene rings is 1. The largest absolute Gasteiger partial charge is 0.484 e. The third kappa shape index (κ3) is 4.28. The van der Waals surface area contributed by atoms with Crippen LogP contribution in [0, 0.1) is 5.92 Å². The first-order valence-electron chi connectivity index (χ1n) is 6.09. The summed E-state index contributed by atoms with van der Waals surface area (Å²) < 4.78 is 5.31. The number of hydrogen-bond acceptors (Lipinski definition) is 3. The number of hydrogen-bond donors (Lipinski definition) is 1. The minimum atomic E-state index is -1.01. The zero-order chi connectivity index (χ0) is 14.4. The van der Waals surface area contributed by atoms with Gasteiger partial charge in [0.2, 0.25) is 0 Å². The Kier molecular flexibility index (Phi) is 5.36. The molecule has 0 aliphatic heterocycles. The molecule has 19 heavy (non-hydrogen) atoms. The van der Waals surface area contributed by atoms with Crippen LogP contribution < -0.4 is 4.74 Å². The van der Waals surface area contributed by atoms with Gasteiger partial charge in [-0.1, -0.05) is 32.0 Å². The third-order valence-corrected chi connectivity index (χ3v) is 2.80. The van der Waals surface area contributed by atoms with Gasteiger partial charge in [-0.05, 0) is 18.1 Å². The molecule has 0 aromatic heterocycles. The molecule has 0 radical (unpaired) electrons. The third-order valence-electron chi connectivity index (χ3n) is 2.80. The van der Waals surface area contributed by atoms with E-state index in [9.17, 15) is 9.59 Å². The second-order valence-corrected chi connectivity index (χ2v) is 4.63. The summed E-state index contributed by atoms with van der Waals surface area (Å²) in [6.45, 7) is 3.36. The highest BCUT2D eigenvalue weighted by Crippen LogP contribution is 2.12. The maximum atomic E-state index is 11.9. The van der Waals surface area contributed by atoms with Crippen LogP contribution in [-0.2, 0) is 9.59 Å². The van der Waals surface area contributed by atoms with Gasteiger partial charge in [0, 0.05) is 7.05 Å². The Balaban J connectivity index is 2.59.